The Morgan fingerprint density at radius 2 is 1.74 bits per heavy atom. The van der Waals surface area contributed by atoms with E-state index in [1.807, 2.05) is 19.1 Å². The molecule has 2 aromatic rings. The van der Waals surface area contributed by atoms with Gasteiger partial charge in [-0.1, -0.05) is 42.5 Å². The number of rotatable bonds is 6. The van der Waals surface area contributed by atoms with Gasteiger partial charge in [-0.15, -0.1) is 0 Å². The molecule has 2 aromatic carbocycles. The third-order valence-corrected chi connectivity index (χ3v) is 5.20. The maximum atomic E-state index is 12.6. The molecular formula is C22H26N4O. The number of hydrogen-bond donors (Lipinski definition) is 1. The summed E-state index contributed by atoms with van der Waals surface area (Å²) in [6, 6.07) is 19.6. The predicted molar refractivity (Wildman–Crippen MR) is 107 cm³/mol. The van der Waals surface area contributed by atoms with Crippen LogP contribution in [0, 0.1) is 11.3 Å². The van der Waals surface area contributed by atoms with Crippen molar-refractivity contribution in [2.45, 2.75) is 19.4 Å². The Morgan fingerprint density at radius 3 is 2.44 bits per heavy atom. The summed E-state index contributed by atoms with van der Waals surface area (Å²) in [4.78, 5) is 17.3. The molecule has 1 amide bonds. The first-order valence-corrected chi connectivity index (χ1v) is 9.47. The molecule has 0 bridgehead atoms. The average molecular weight is 362 g/mol. The van der Waals surface area contributed by atoms with Crippen LogP contribution in [0.15, 0.2) is 54.6 Å². The fraction of sp³-hybridized carbons (Fsp3) is 0.364. The molecule has 5 heteroatoms. The Balaban J connectivity index is 1.47. The molecule has 0 aromatic heterocycles. The van der Waals surface area contributed by atoms with E-state index in [1.165, 1.54) is 5.56 Å². The average Bonchev–Trinajstić information content (AvgIpc) is 2.73. The summed E-state index contributed by atoms with van der Waals surface area (Å²) in [6.07, 6.45) is 1.06. The van der Waals surface area contributed by atoms with E-state index in [4.69, 9.17) is 5.26 Å². The molecular weight excluding hydrogens is 336 g/mol. The number of benzene rings is 2. The van der Waals surface area contributed by atoms with Gasteiger partial charge in [0.15, 0.2) is 0 Å². The molecule has 1 aliphatic rings. The minimum Gasteiger partial charge on any atom is -0.324 e. The first kappa shape index (κ1) is 19.1. The summed E-state index contributed by atoms with van der Waals surface area (Å²) < 4.78 is 0. The number of carbonyl (C=O) groups excluding carboxylic acids is 1. The quantitative estimate of drug-likeness (QED) is 0.858. The Kier molecular flexibility index (Phi) is 6.59. The van der Waals surface area contributed by atoms with E-state index in [1.54, 1.807) is 18.2 Å². The van der Waals surface area contributed by atoms with Crippen molar-refractivity contribution >= 4 is 11.6 Å². The van der Waals surface area contributed by atoms with E-state index in [-0.39, 0.29) is 11.9 Å². The SMILES string of the molecule is C[C@@H](C(=O)Nc1ccccc1C#N)N1CCN(CCc2ccccc2)CC1. The summed E-state index contributed by atoms with van der Waals surface area (Å²) >= 11 is 0. The molecule has 1 heterocycles. The number of amides is 1. The van der Waals surface area contributed by atoms with Gasteiger partial charge in [0.05, 0.1) is 17.3 Å². The van der Waals surface area contributed by atoms with Crippen LogP contribution in [0.2, 0.25) is 0 Å². The summed E-state index contributed by atoms with van der Waals surface area (Å²) in [6.45, 7) is 6.68. The van der Waals surface area contributed by atoms with Crippen molar-refractivity contribution in [2.24, 2.45) is 0 Å². The molecule has 1 atom stereocenters. The zero-order valence-corrected chi connectivity index (χ0v) is 15.8. The van der Waals surface area contributed by atoms with Crippen molar-refractivity contribution in [1.82, 2.24) is 9.80 Å². The second-order valence-corrected chi connectivity index (χ2v) is 6.94. The van der Waals surface area contributed by atoms with Gasteiger partial charge in [-0.25, -0.2) is 0 Å². The van der Waals surface area contributed by atoms with Crippen LogP contribution in [0.5, 0.6) is 0 Å². The van der Waals surface area contributed by atoms with E-state index in [2.05, 4.69) is 45.5 Å². The van der Waals surface area contributed by atoms with Crippen molar-refractivity contribution in [2.75, 3.05) is 38.0 Å². The minimum atomic E-state index is -0.215. The fourth-order valence-corrected chi connectivity index (χ4v) is 3.40. The van der Waals surface area contributed by atoms with Crippen LogP contribution in [0.3, 0.4) is 0 Å². The lowest BCUT2D eigenvalue weighted by atomic mass is 10.1. The van der Waals surface area contributed by atoms with Crippen LogP contribution < -0.4 is 5.32 Å². The van der Waals surface area contributed by atoms with Gasteiger partial charge in [-0.2, -0.15) is 5.26 Å². The number of nitrogens with zero attached hydrogens (tertiary/aromatic N) is 3. The summed E-state index contributed by atoms with van der Waals surface area (Å²) in [5, 5.41) is 12.1. The normalized spacial score (nSPS) is 16.4. The molecule has 0 aliphatic carbocycles. The number of nitrogens with one attached hydrogen (secondary N) is 1. The minimum absolute atomic E-state index is 0.0598. The van der Waals surface area contributed by atoms with Crippen molar-refractivity contribution < 1.29 is 4.79 Å². The van der Waals surface area contributed by atoms with Crippen molar-refractivity contribution in [3.05, 3.63) is 65.7 Å². The molecule has 0 spiro atoms. The first-order valence-electron chi connectivity index (χ1n) is 9.47. The Bertz CT molecular complexity index is 791. The van der Waals surface area contributed by atoms with Gasteiger partial charge < -0.3 is 10.2 Å². The van der Waals surface area contributed by atoms with E-state index in [9.17, 15) is 4.79 Å². The van der Waals surface area contributed by atoms with Gasteiger partial charge >= 0.3 is 0 Å². The summed E-state index contributed by atoms with van der Waals surface area (Å²) in [5.41, 5.74) is 2.44. The van der Waals surface area contributed by atoms with Crippen molar-refractivity contribution in [1.29, 1.82) is 5.26 Å². The number of hydrogen-bond acceptors (Lipinski definition) is 4. The molecule has 1 N–H and O–H groups in total. The molecule has 1 fully saturated rings. The maximum Gasteiger partial charge on any atom is 0.241 e. The van der Waals surface area contributed by atoms with Crippen LogP contribution >= 0.6 is 0 Å². The van der Waals surface area contributed by atoms with Crippen molar-refractivity contribution in [3.63, 3.8) is 0 Å². The predicted octanol–water partition coefficient (Wildman–Crippen LogP) is 2.75. The van der Waals surface area contributed by atoms with Crippen LogP contribution in [0.1, 0.15) is 18.1 Å². The van der Waals surface area contributed by atoms with Gasteiger partial charge in [0.2, 0.25) is 5.91 Å². The third-order valence-electron chi connectivity index (χ3n) is 5.20. The third kappa shape index (κ3) is 5.16. The van der Waals surface area contributed by atoms with Gasteiger partial charge in [0.25, 0.3) is 0 Å². The van der Waals surface area contributed by atoms with Crippen LogP contribution in [0.4, 0.5) is 5.69 Å². The smallest absolute Gasteiger partial charge is 0.241 e. The van der Waals surface area contributed by atoms with E-state index in [0.29, 0.717) is 11.3 Å². The highest BCUT2D eigenvalue weighted by Crippen LogP contribution is 2.15. The number of carbonyl (C=O) groups is 1. The lowest BCUT2D eigenvalue weighted by Crippen LogP contribution is -2.53. The van der Waals surface area contributed by atoms with E-state index in [0.717, 1.165) is 39.1 Å². The monoisotopic (exact) mass is 362 g/mol. The second-order valence-electron chi connectivity index (χ2n) is 6.94. The number of piperazine rings is 1. The molecule has 3 rings (SSSR count). The molecule has 0 radical (unpaired) electrons. The zero-order valence-electron chi connectivity index (χ0n) is 15.8. The largest absolute Gasteiger partial charge is 0.324 e. The lowest BCUT2D eigenvalue weighted by Gasteiger charge is -2.37. The van der Waals surface area contributed by atoms with Crippen LogP contribution in [0.25, 0.3) is 0 Å². The molecule has 1 saturated heterocycles. The van der Waals surface area contributed by atoms with E-state index < -0.39 is 0 Å². The molecule has 5 nitrogen and oxygen atoms in total. The highest BCUT2D eigenvalue weighted by atomic mass is 16.2. The molecule has 0 unspecified atom stereocenters. The Hall–Kier alpha value is -2.68. The van der Waals surface area contributed by atoms with Gasteiger partial charge in [-0.05, 0) is 31.0 Å². The number of para-hydroxylation sites is 1. The summed E-state index contributed by atoms with van der Waals surface area (Å²) in [5.74, 6) is -0.0598. The fourth-order valence-electron chi connectivity index (χ4n) is 3.40. The Labute approximate surface area is 161 Å². The standard InChI is InChI=1S/C22H26N4O/c1-18(22(27)24-21-10-6-5-9-20(21)17-23)26-15-13-25(14-16-26)12-11-19-7-3-2-4-8-19/h2-10,18H,11-16H2,1H3,(H,24,27)/t18-/m0/s1. The molecule has 140 valence electrons. The van der Waals surface area contributed by atoms with Crippen LogP contribution in [-0.2, 0) is 11.2 Å². The lowest BCUT2D eigenvalue weighted by molar-refractivity contribution is -0.121. The second kappa shape index (κ2) is 9.31. The molecule has 27 heavy (non-hydrogen) atoms. The zero-order chi connectivity index (χ0) is 19.1. The number of anilines is 1. The Morgan fingerprint density at radius 1 is 1.07 bits per heavy atom. The summed E-state index contributed by atoms with van der Waals surface area (Å²) in [7, 11) is 0. The molecule has 0 saturated carbocycles. The van der Waals surface area contributed by atoms with Crippen LogP contribution in [-0.4, -0.2) is 54.5 Å². The first-order chi connectivity index (χ1) is 13.2. The van der Waals surface area contributed by atoms with E-state index >= 15 is 0 Å². The van der Waals surface area contributed by atoms with Crippen molar-refractivity contribution in [3.8, 4) is 6.07 Å². The number of nitriles is 1. The van der Waals surface area contributed by atoms with Gasteiger partial charge in [0, 0.05) is 32.7 Å². The maximum absolute atomic E-state index is 12.6. The topological polar surface area (TPSA) is 59.4 Å². The highest BCUT2D eigenvalue weighted by Gasteiger charge is 2.25. The van der Waals surface area contributed by atoms with Gasteiger partial charge in [0.1, 0.15) is 6.07 Å². The van der Waals surface area contributed by atoms with Gasteiger partial charge in [-0.3, -0.25) is 9.69 Å². The highest BCUT2D eigenvalue weighted by molar-refractivity contribution is 5.95. The molecule has 1 aliphatic heterocycles.